The lowest BCUT2D eigenvalue weighted by atomic mass is 10.2. The van der Waals surface area contributed by atoms with Crippen molar-refractivity contribution in [2.24, 2.45) is 0 Å². The van der Waals surface area contributed by atoms with Crippen LogP contribution in [-0.4, -0.2) is 9.55 Å². The first-order chi connectivity index (χ1) is 9.88. The summed E-state index contributed by atoms with van der Waals surface area (Å²) in [5.41, 5.74) is 3.36. The van der Waals surface area contributed by atoms with Gasteiger partial charge < -0.3 is 9.30 Å². The van der Waals surface area contributed by atoms with Crippen molar-refractivity contribution in [1.29, 1.82) is 0 Å². The maximum atomic E-state index is 5.84. The standard InChI is InChI=1S/C17H18N2O/c1-2-17-18-15-10-6-7-11-16(15)19(17)13-20-12-14-8-4-3-5-9-14/h3-11H,2,12-13H2,1H3. The predicted molar refractivity (Wildman–Crippen MR) is 80.3 cm³/mol. The Morgan fingerprint density at radius 1 is 1.00 bits per heavy atom. The molecule has 0 bridgehead atoms. The van der Waals surface area contributed by atoms with Crippen molar-refractivity contribution in [3.05, 3.63) is 66.0 Å². The number of para-hydroxylation sites is 2. The highest BCUT2D eigenvalue weighted by atomic mass is 16.5. The molecule has 1 aromatic heterocycles. The normalized spacial score (nSPS) is 11.1. The van der Waals surface area contributed by atoms with E-state index >= 15 is 0 Å². The van der Waals surface area contributed by atoms with Crippen LogP contribution in [0, 0.1) is 0 Å². The summed E-state index contributed by atoms with van der Waals surface area (Å²) < 4.78 is 7.99. The van der Waals surface area contributed by atoms with Crippen LogP contribution in [0.25, 0.3) is 11.0 Å². The molecule has 0 aliphatic rings. The SMILES string of the molecule is CCc1nc2ccccc2n1COCc1ccccc1. The Morgan fingerprint density at radius 3 is 2.55 bits per heavy atom. The Kier molecular flexibility index (Phi) is 3.79. The van der Waals surface area contributed by atoms with Gasteiger partial charge in [-0.05, 0) is 17.7 Å². The second kappa shape index (κ2) is 5.88. The van der Waals surface area contributed by atoms with Crippen LogP contribution in [0.3, 0.4) is 0 Å². The van der Waals surface area contributed by atoms with Gasteiger partial charge in [0.2, 0.25) is 0 Å². The van der Waals surface area contributed by atoms with E-state index in [2.05, 4.69) is 34.7 Å². The summed E-state index contributed by atoms with van der Waals surface area (Å²) >= 11 is 0. The molecule has 0 radical (unpaired) electrons. The zero-order chi connectivity index (χ0) is 13.8. The topological polar surface area (TPSA) is 27.1 Å². The maximum absolute atomic E-state index is 5.84. The summed E-state index contributed by atoms with van der Waals surface area (Å²) in [7, 11) is 0. The van der Waals surface area contributed by atoms with Crippen molar-refractivity contribution in [1.82, 2.24) is 9.55 Å². The highest BCUT2D eigenvalue weighted by Gasteiger charge is 2.08. The summed E-state index contributed by atoms with van der Waals surface area (Å²) in [5, 5.41) is 0. The van der Waals surface area contributed by atoms with E-state index in [1.165, 1.54) is 5.56 Å². The lowest BCUT2D eigenvalue weighted by molar-refractivity contribution is 0.0648. The van der Waals surface area contributed by atoms with Gasteiger partial charge in [-0.2, -0.15) is 0 Å². The number of hydrogen-bond acceptors (Lipinski definition) is 2. The molecule has 0 aliphatic carbocycles. The number of fused-ring (bicyclic) bond motifs is 1. The molecule has 2 aromatic carbocycles. The monoisotopic (exact) mass is 266 g/mol. The average Bonchev–Trinajstić information content (AvgIpc) is 2.87. The van der Waals surface area contributed by atoms with Gasteiger partial charge in [0.1, 0.15) is 12.6 Å². The first kappa shape index (κ1) is 12.9. The highest BCUT2D eigenvalue weighted by Crippen LogP contribution is 2.16. The van der Waals surface area contributed by atoms with Crippen LogP contribution >= 0.6 is 0 Å². The van der Waals surface area contributed by atoms with E-state index in [1.54, 1.807) is 0 Å². The second-order valence-corrected chi connectivity index (χ2v) is 4.76. The minimum absolute atomic E-state index is 0.540. The molecule has 1 heterocycles. The molecule has 102 valence electrons. The second-order valence-electron chi connectivity index (χ2n) is 4.76. The smallest absolute Gasteiger partial charge is 0.125 e. The van der Waals surface area contributed by atoms with E-state index in [1.807, 2.05) is 36.4 Å². The van der Waals surface area contributed by atoms with E-state index in [9.17, 15) is 0 Å². The maximum Gasteiger partial charge on any atom is 0.125 e. The zero-order valence-corrected chi connectivity index (χ0v) is 11.6. The fraction of sp³-hybridized carbons (Fsp3) is 0.235. The molecule has 0 saturated carbocycles. The van der Waals surface area contributed by atoms with Gasteiger partial charge in [0.25, 0.3) is 0 Å². The first-order valence-electron chi connectivity index (χ1n) is 6.94. The van der Waals surface area contributed by atoms with Crippen LogP contribution in [0.2, 0.25) is 0 Å². The Labute approximate surface area is 118 Å². The highest BCUT2D eigenvalue weighted by molar-refractivity contribution is 5.75. The van der Waals surface area contributed by atoms with E-state index in [0.717, 1.165) is 23.3 Å². The number of benzene rings is 2. The molecule has 3 heteroatoms. The molecule has 0 N–H and O–H groups in total. The van der Waals surface area contributed by atoms with Crippen LogP contribution in [0.5, 0.6) is 0 Å². The van der Waals surface area contributed by atoms with Gasteiger partial charge in [0.05, 0.1) is 17.6 Å². The molecule has 20 heavy (non-hydrogen) atoms. The predicted octanol–water partition coefficient (Wildman–Crippen LogP) is 3.77. The molecule has 0 unspecified atom stereocenters. The third-order valence-corrected chi connectivity index (χ3v) is 3.38. The largest absolute Gasteiger partial charge is 0.356 e. The molecular formula is C17H18N2O. The molecule has 0 atom stereocenters. The number of aromatic nitrogens is 2. The number of ether oxygens (including phenoxy) is 1. The van der Waals surface area contributed by atoms with Gasteiger partial charge in [-0.3, -0.25) is 0 Å². The average molecular weight is 266 g/mol. The van der Waals surface area contributed by atoms with Crippen molar-refractivity contribution in [3.8, 4) is 0 Å². The van der Waals surface area contributed by atoms with Gasteiger partial charge in [-0.15, -0.1) is 0 Å². The van der Waals surface area contributed by atoms with Crippen LogP contribution in [0.1, 0.15) is 18.3 Å². The Bertz CT molecular complexity index is 689. The summed E-state index contributed by atoms with van der Waals surface area (Å²) in [5.74, 6) is 1.07. The molecule has 3 aromatic rings. The Morgan fingerprint density at radius 2 is 1.75 bits per heavy atom. The number of aryl methyl sites for hydroxylation is 1. The number of imidazole rings is 1. The quantitative estimate of drug-likeness (QED) is 0.703. The third kappa shape index (κ3) is 2.58. The summed E-state index contributed by atoms with van der Waals surface area (Å²) in [4.78, 5) is 4.64. The van der Waals surface area contributed by atoms with Gasteiger partial charge in [-0.25, -0.2) is 4.98 Å². The van der Waals surface area contributed by atoms with Crippen molar-refractivity contribution < 1.29 is 4.74 Å². The van der Waals surface area contributed by atoms with Gasteiger partial charge in [-0.1, -0.05) is 49.4 Å². The van der Waals surface area contributed by atoms with Crippen molar-refractivity contribution in [2.75, 3.05) is 0 Å². The minimum Gasteiger partial charge on any atom is -0.356 e. The first-order valence-corrected chi connectivity index (χ1v) is 6.94. The van der Waals surface area contributed by atoms with Crippen LogP contribution < -0.4 is 0 Å². The van der Waals surface area contributed by atoms with Gasteiger partial charge in [0.15, 0.2) is 0 Å². The molecule has 3 rings (SSSR count). The number of rotatable bonds is 5. The van der Waals surface area contributed by atoms with Crippen molar-refractivity contribution in [2.45, 2.75) is 26.7 Å². The zero-order valence-electron chi connectivity index (χ0n) is 11.6. The third-order valence-electron chi connectivity index (χ3n) is 3.38. The lowest BCUT2D eigenvalue weighted by Gasteiger charge is -2.09. The van der Waals surface area contributed by atoms with E-state index in [-0.39, 0.29) is 0 Å². The van der Waals surface area contributed by atoms with E-state index in [4.69, 9.17) is 4.74 Å². The Hall–Kier alpha value is -2.13. The fourth-order valence-electron chi connectivity index (χ4n) is 2.37. The molecule has 0 fully saturated rings. The van der Waals surface area contributed by atoms with Crippen molar-refractivity contribution in [3.63, 3.8) is 0 Å². The van der Waals surface area contributed by atoms with Crippen molar-refractivity contribution >= 4 is 11.0 Å². The fourth-order valence-corrected chi connectivity index (χ4v) is 2.37. The molecule has 0 spiro atoms. The molecule has 0 aliphatic heterocycles. The Balaban J connectivity index is 1.77. The van der Waals surface area contributed by atoms with Crippen LogP contribution in [0.15, 0.2) is 54.6 Å². The van der Waals surface area contributed by atoms with Gasteiger partial charge >= 0.3 is 0 Å². The number of nitrogens with zero attached hydrogens (tertiary/aromatic N) is 2. The minimum atomic E-state index is 0.540. The van der Waals surface area contributed by atoms with Gasteiger partial charge in [0, 0.05) is 6.42 Å². The van der Waals surface area contributed by atoms with Crippen LogP contribution in [0.4, 0.5) is 0 Å². The van der Waals surface area contributed by atoms with E-state index < -0.39 is 0 Å². The number of hydrogen-bond donors (Lipinski definition) is 0. The molecular weight excluding hydrogens is 248 g/mol. The molecule has 0 saturated heterocycles. The molecule has 3 nitrogen and oxygen atoms in total. The summed E-state index contributed by atoms with van der Waals surface area (Å²) in [6, 6.07) is 18.4. The molecule has 0 amide bonds. The summed E-state index contributed by atoms with van der Waals surface area (Å²) in [6.45, 7) is 3.28. The van der Waals surface area contributed by atoms with E-state index in [0.29, 0.717) is 13.3 Å². The lowest BCUT2D eigenvalue weighted by Crippen LogP contribution is -2.06. The van der Waals surface area contributed by atoms with Crippen LogP contribution in [-0.2, 0) is 24.5 Å². The summed E-state index contributed by atoms with van der Waals surface area (Å²) in [6.07, 6.45) is 0.906.